The average Bonchev–Trinajstić information content (AvgIpc) is 2.96. The van der Waals surface area contributed by atoms with E-state index in [0.717, 1.165) is 10.6 Å². The number of aromatic nitrogens is 4. The molecule has 1 amide bonds. The van der Waals surface area contributed by atoms with Crippen LogP contribution in [0, 0.1) is 6.92 Å². The fraction of sp³-hybridized carbons (Fsp3) is 0.455. The Morgan fingerprint density at radius 3 is 3.05 bits per heavy atom. The van der Waals surface area contributed by atoms with E-state index < -0.39 is 0 Å². The Balaban J connectivity index is 1.86. The predicted octanol–water partition coefficient (Wildman–Crippen LogP) is 0.871. The number of hydrogen-bond acceptors (Lipinski definition) is 6. The van der Waals surface area contributed by atoms with Crippen LogP contribution in [0.3, 0.4) is 0 Å². The Labute approximate surface area is 114 Å². The standard InChI is InChI=1S/C11H15N5O2S/c1-8-5-12-16(6-8)7-9(17)13-11-15-14-10(19-11)3-4-18-2/h5-6H,3-4,7H2,1-2H3,(H,13,15,17). The van der Waals surface area contributed by atoms with Crippen molar-refractivity contribution < 1.29 is 9.53 Å². The van der Waals surface area contributed by atoms with Crippen LogP contribution < -0.4 is 5.32 Å². The fourth-order valence-electron chi connectivity index (χ4n) is 1.45. The van der Waals surface area contributed by atoms with E-state index >= 15 is 0 Å². The van der Waals surface area contributed by atoms with Gasteiger partial charge in [-0.05, 0) is 12.5 Å². The summed E-state index contributed by atoms with van der Waals surface area (Å²) in [5, 5.41) is 16.0. The van der Waals surface area contributed by atoms with Crippen molar-refractivity contribution in [1.82, 2.24) is 20.0 Å². The molecular formula is C11H15N5O2S. The maximum absolute atomic E-state index is 11.8. The number of hydrogen-bond donors (Lipinski definition) is 1. The SMILES string of the molecule is COCCc1nnc(NC(=O)Cn2cc(C)cn2)s1. The Morgan fingerprint density at radius 1 is 1.53 bits per heavy atom. The van der Waals surface area contributed by atoms with Gasteiger partial charge in [-0.25, -0.2) is 0 Å². The highest BCUT2D eigenvalue weighted by Crippen LogP contribution is 2.15. The molecule has 2 rings (SSSR count). The summed E-state index contributed by atoms with van der Waals surface area (Å²) in [4.78, 5) is 11.8. The first-order valence-corrected chi connectivity index (χ1v) is 6.59. The predicted molar refractivity (Wildman–Crippen MR) is 71.1 cm³/mol. The third kappa shape index (κ3) is 4.11. The second-order valence-corrected chi connectivity index (χ2v) is 5.07. The molecular weight excluding hydrogens is 266 g/mol. The molecule has 0 spiro atoms. The molecule has 0 aliphatic rings. The maximum atomic E-state index is 11.8. The summed E-state index contributed by atoms with van der Waals surface area (Å²) in [6.07, 6.45) is 4.22. The van der Waals surface area contributed by atoms with Crippen molar-refractivity contribution in [3.63, 3.8) is 0 Å². The van der Waals surface area contributed by atoms with E-state index in [2.05, 4.69) is 20.6 Å². The fourth-order valence-corrected chi connectivity index (χ4v) is 2.19. The van der Waals surface area contributed by atoms with Gasteiger partial charge >= 0.3 is 0 Å². The number of carbonyl (C=O) groups excluding carboxylic acids is 1. The molecule has 2 aromatic heterocycles. The topological polar surface area (TPSA) is 81.9 Å². The number of anilines is 1. The van der Waals surface area contributed by atoms with E-state index in [1.54, 1.807) is 18.0 Å². The number of ether oxygens (including phenoxy) is 1. The summed E-state index contributed by atoms with van der Waals surface area (Å²) >= 11 is 1.35. The van der Waals surface area contributed by atoms with Crippen molar-refractivity contribution in [2.75, 3.05) is 19.0 Å². The van der Waals surface area contributed by atoms with Gasteiger partial charge in [-0.15, -0.1) is 10.2 Å². The van der Waals surface area contributed by atoms with Crippen LogP contribution in [0.25, 0.3) is 0 Å². The number of nitrogens with one attached hydrogen (secondary N) is 1. The molecule has 2 aromatic rings. The molecule has 0 aromatic carbocycles. The van der Waals surface area contributed by atoms with E-state index in [9.17, 15) is 4.79 Å². The highest BCUT2D eigenvalue weighted by Gasteiger charge is 2.09. The molecule has 7 nitrogen and oxygen atoms in total. The summed E-state index contributed by atoms with van der Waals surface area (Å²) in [5.74, 6) is -0.169. The van der Waals surface area contributed by atoms with Crippen LogP contribution in [0.1, 0.15) is 10.6 Å². The Hall–Kier alpha value is -1.80. The van der Waals surface area contributed by atoms with Crippen LogP contribution >= 0.6 is 11.3 Å². The monoisotopic (exact) mass is 281 g/mol. The van der Waals surface area contributed by atoms with Crippen LogP contribution in [0.5, 0.6) is 0 Å². The lowest BCUT2D eigenvalue weighted by Crippen LogP contribution is -2.18. The molecule has 0 fully saturated rings. The van der Waals surface area contributed by atoms with Gasteiger partial charge in [0.1, 0.15) is 11.6 Å². The molecule has 0 unspecified atom stereocenters. The number of amides is 1. The largest absolute Gasteiger partial charge is 0.384 e. The number of methoxy groups -OCH3 is 1. The van der Waals surface area contributed by atoms with E-state index in [0.29, 0.717) is 18.2 Å². The summed E-state index contributed by atoms with van der Waals surface area (Å²) in [6, 6.07) is 0. The van der Waals surface area contributed by atoms with Gasteiger partial charge in [0.25, 0.3) is 0 Å². The Kier molecular flexibility index (Phi) is 4.58. The molecule has 0 saturated carbocycles. The summed E-state index contributed by atoms with van der Waals surface area (Å²) in [5.41, 5.74) is 1.02. The lowest BCUT2D eigenvalue weighted by atomic mass is 10.4. The number of aryl methyl sites for hydroxylation is 1. The zero-order valence-corrected chi connectivity index (χ0v) is 11.6. The van der Waals surface area contributed by atoms with Crippen molar-refractivity contribution >= 4 is 22.4 Å². The van der Waals surface area contributed by atoms with Gasteiger partial charge in [0.15, 0.2) is 0 Å². The number of rotatable bonds is 6. The minimum atomic E-state index is -0.169. The van der Waals surface area contributed by atoms with Crippen molar-refractivity contribution in [2.24, 2.45) is 0 Å². The van der Waals surface area contributed by atoms with E-state index in [1.807, 2.05) is 13.1 Å². The summed E-state index contributed by atoms with van der Waals surface area (Å²) in [7, 11) is 1.63. The van der Waals surface area contributed by atoms with Gasteiger partial charge in [-0.3, -0.25) is 14.8 Å². The Morgan fingerprint density at radius 2 is 2.37 bits per heavy atom. The zero-order valence-electron chi connectivity index (χ0n) is 10.8. The molecule has 0 aliphatic carbocycles. The van der Waals surface area contributed by atoms with Crippen LogP contribution in [-0.2, 0) is 22.5 Å². The molecule has 19 heavy (non-hydrogen) atoms. The van der Waals surface area contributed by atoms with Gasteiger partial charge < -0.3 is 4.74 Å². The highest BCUT2D eigenvalue weighted by atomic mass is 32.1. The van der Waals surface area contributed by atoms with Gasteiger partial charge in [-0.2, -0.15) is 5.10 Å². The lowest BCUT2D eigenvalue weighted by molar-refractivity contribution is -0.116. The van der Waals surface area contributed by atoms with Crippen molar-refractivity contribution in [3.8, 4) is 0 Å². The maximum Gasteiger partial charge on any atom is 0.247 e. The normalized spacial score (nSPS) is 10.6. The first kappa shape index (κ1) is 13.6. The van der Waals surface area contributed by atoms with Gasteiger partial charge in [0.2, 0.25) is 11.0 Å². The smallest absolute Gasteiger partial charge is 0.247 e. The second kappa shape index (κ2) is 6.39. The second-order valence-electron chi connectivity index (χ2n) is 4.01. The number of nitrogens with zero attached hydrogens (tertiary/aromatic N) is 4. The summed E-state index contributed by atoms with van der Waals surface area (Å²) in [6.45, 7) is 2.68. The molecule has 8 heteroatoms. The molecule has 0 atom stereocenters. The van der Waals surface area contributed by atoms with Gasteiger partial charge in [0, 0.05) is 19.7 Å². The van der Waals surface area contributed by atoms with Crippen molar-refractivity contribution in [1.29, 1.82) is 0 Å². The van der Waals surface area contributed by atoms with Gasteiger partial charge in [-0.1, -0.05) is 11.3 Å². The van der Waals surface area contributed by atoms with Crippen LogP contribution in [0.4, 0.5) is 5.13 Å². The highest BCUT2D eigenvalue weighted by molar-refractivity contribution is 7.15. The molecule has 2 heterocycles. The van der Waals surface area contributed by atoms with Gasteiger partial charge in [0.05, 0.1) is 12.8 Å². The molecule has 102 valence electrons. The third-order valence-corrected chi connectivity index (χ3v) is 3.20. The molecule has 0 bridgehead atoms. The molecule has 1 N–H and O–H groups in total. The van der Waals surface area contributed by atoms with Crippen LogP contribution in [-0.4, -0.2) is 39.6 Å². The average molecular weight is 281 g/mol. The van der Waals surface area contributed by atoms with Crippen molar-refractivity contribution in [2.45, 2.75) is 19.9 Å². The minimum Gasteiger partial charge on any atom is -0.384 e. The first-order chi connectivity index (χ1) is 9.17. The van der Waals surface area contributed by atoms with Crippen LogP contribution in [0.15, 0.2) is 12.4 Å². The van der Waals surface area contributed by atoms with E-state index in [1.165, 1.54) is 11.3 Å². The van der Waals surface area contributed by atoms with E-state index in [4.69, 9.17) is 4.74 Å². The lowest BCUT2D eigenvalue weighted by Gasteiger charge is -2.00. The third-order valence-electron chi connectivity index (χ3n) is 2.30. The number of carbonyl (C=O) groups is 1. The van der Waals surface area contributed by atoms with Crippen LogP contribution in [0.2, 0.25) is 0 Å². The van der Waals surface area contributed by atoms with E-state index in [-0.39, 0.29) is 12.5 Å². The zero-order chi connectivity index (χ0) is 13.7. The molecule has 0 radical (unpaired) electrons. The van der Waals surface area contributed by atoms with Crippen molar-refractivity contribution in [3.05, 3.63) is 23.0 Å². The quantitative estimate of drug-likeness (QED) is 0.849. The molecule has 0 saturated heterocycles. The first-order valence-electron chi connectivity index (χ1n) is 5.77. The Bertz CT molecular complexity index is 551. The summed E-state index contributed by atoms with van der Waals surface area (Å²) < 4.78 is 6.54. The minimum absolute atomic E-state index is 0.167. The molecule has 0 aliphatic heterocycles.